The van der Waals surface area contributed by atoms with Crippen LogP contribution in [0.25, 0.3) is 0 Å². The van der Waals surface area contributed by atoms with Crippen molar-refractivity contribution in [3.8, 4) is 0 Å². The Labute approximate surface area is 111 Å². The van der Waals surface area contributed by atoms with Gasteiger partial charge in [-0.25, -0.2) is 4.98 Å². The minimum atomic E-state index is 0.778. The van der Waals surface area contributed by atoms with E-state index < -0.39 is 0 Å². The van der Waals surface area contributed by atoms with E-state index in [1.807, 2.05) is 47.4 Å². The Balaban J connectivity index is 2.12. The lowest BCUT2D eigenvalue weighted by Gasteiger charge is -2.23. The zero-order chi connectivity index (χ0) is 12.9. The maximum absolute atomic E-state index is 4.37. The molecule has 0 N–H and O–H groups in total. The van der Waals surface area contributed by atoms with Gasteiger partial charge in [0.15, 0.2) is 5.82 Å². The molecule has 0 spiro atoms. The smallest absolute Gasteiger partial charge is 0.156 e. The first-order chi connectivity index (χ1) is 9.45. The van der Waals surface area contributed by atoms with Crippen molar-refractivity contribution in [2.45, 2.75) is 0 Å². The van der Waals surface area contributed by atoms with Crippen molar-refractivity contribution < 1.29 is 0 Å². The van der Waals surface area contributed by atoms with Gasteiger partial charge in [0.1, 0.15) is 0 Å². The van der Waals surface area contributed by atoms with Crippen LogP contribution < -0.4 is 4.90 Å². The summed E-state index contributed by atoms with van der Waals surface area (Å²) in [6, 6.07) is 14.0. The molecule has 0 bridgehead atoms. The van der Waals surface area contributed by atoms with Gasteiger partial charge < -0.3 is 0 Å². The van der Waals surface area contributed by atoms with E-state index in [0.717, 1.165) is 17.2 Å². The highest BCUT2D eigenvalue weighted by molar-refractivity contribution is 5.73. The number of hydrogen-bond acceptors (Lipinski definition) is 4. The standard InChI is InChI=1S/C15H12N4/c1-2-4-13(5-3-1)19(14-6-8-16-9-7-14)15-12-17-10-11-18-15/h1-12H. The Kier molecular flexibility index (Phi) is 3.14. The van der Waals surface area contributed by atoms with Gasteiger partial charge >= 0.3 is 0 Å². The number of hydrogen-bond donors (Lipinski definition) is 0. The normalized spacial score (nSPS) is 10.1. The van der Waals surface area contributed by atoms with Crippen LogP contribution in [0.2, 0.25) is 0 Å². The third kappa shape index (κ3) is 2.42. The fourth-order valence-electron chi connectivity index (χ4n) is 1.89. The zero-order valence-corrected chi connectivity index (χ0v) is 10.2. The molecule has 3 aromatic rings. The molecular formula is C15H12N4. The van der Waals surface area contributed by atoms with E-state index in [4.69, 9.17) is 0 Å². The largest absolute Gasteiger partial charge is 0.294 e. The highest BCUT2D eigenvalue weighted by Crippen LogP contribution is 2.31. The van der Waals surface area contributed by atoms with Crippen LogP contribution in [0.15, 0.2) is 73.4 Å². The first kappa shape index (κ1) is 11.3. The summed E-state index contributed by atoms with van der Waals surface area (Å²) >= 11 is 0. The van der Waals surface area contributed by atoms with Crippen molar-refractivity contribution in [2.24, 2.45) is 0 Å². The van der Waals surface area contributed by atoms with Gasteiger partial charge in [-0.3, -0.25) is 14.9 Å². The first-order valence-electron chi connectivity index (χ1n) is 5.96. The van der Waals surface area contributed by atoms with Gasteiger partial charge in [0.05, 0.1) is 11.9 Å². The molecule has 0 radical (unpaired) electrons. The molecule has 2 aromatic heterocycles. The molecule has 19 heavy (non-hydrogen) atoms. The SMILES string of the molecule is c1ccc(N(c2ccncc2)c2cnccn2)cc1. The molecular weight excluding hydrogens is 236 g/mol. The maximum atomic E-state index is 4.37. The predicted molar refractivity (Wildman–Crippen MR) is 74.5 cm³/mol. The van der Waals surface area contributed by atoms with E-state index in [-0.39, 0.29) is 0 Å². The highest BCUT2D eigenvalue weighted by Gasteiger charge is 2.12. The Hall–Kier alpha value is -2.75. The van der Waals surface area contributed by atoms with E-state index >= 15 is 0 Å². The molecule has 2 heterocycles. The predicted octanol–water partition coefficient (Wildman–Crippen LogP) is 3.34. The van der Waals surface area contributed by atoms with Gasteiger partial charge in [0, 0.05) is 30.5 Å². The van der Waals surface area contributed by atoms with Gasteiger partial charge in [-0.05, 0) is 24.3 Å². The average Bonchev–Trinajstić information content (AvgIpc) is 2.51. The quantitative estimate of drug-likeness (QED) is 0.713. The number of pyridine rings is 1. The Morgan fingerprint density at radius 3 is 2.11 bits per heavy atom. The van der Waals surface area contributed by atoms with Crippen LogP contribution in [0.4, 0.5) is 17.2 Å². The minimum absolute atomic E-state index is 0.778. The van der Waals surface area contributed by atoms with Crippen molar-refractivity contribution in [3.63, 3.8) is 0 Å². The summed E-state index contributed by atoms with van der Waals surface area (Å²) in [6.07, 6.45) is 8.63. The summed E-state index contributed by atoms with van der Waals surface area (Å²) in [4.78, 5) is 14.6. The van der Waals surface area contributed by atoms with Crippen LogP contribution in [-0.2, 0) is 0 Å². The molecule has 4 nitrogen and oxygen atoms in total. The third-order valence-electron chi connectivity index (χ3n) is 2.71. The number of aromatic nitrogens is 3. The average molecular weight is 248 g/mol. The lowest BCUT2D eigenvalue weighted by molar-refractivity contribution is 1.12. The fourth-order valence-corrected chi connectivity index (χ4v) is 1.89. The fraction of sp³-hybridized carbons (Fsp3) is 0. The second kappa shape index (κ2) is 5.27. The summed E-state index contributed by atoms with van der Waals surface area (Å²) in [7, 11) is 0. The molecule has 0 saturated heterocycles. The zero-order valence-electron chi connectivity index (χ0n) is 10.2. The molecule has 4 heteroatoms. The van der Waals surface area contributed by atoms with E-state index in [1.54, 1.807) is 31.0 Å². The number of benzene rings is 1. The van der Waals surface area contributed by atoms with Crippen molar-refractivity contribution in [1.29, 1.82) is 0 Å². The van der Waals surface area contributed by atoms with E-state index in [0.29, 0.717) is 0 Å². The Morgan fingerprint density at radius 2 is 1.42 bits per heavy atom. The topological polar surface area (TPSA) is 41.9 Å². The third-order valence-corrected chi connectivity index (χ3v) is 2.71. The van der Waals surface area contributed by atoms with Crippen LogP contribution in [-0.4, -0.2) is 15.0 Å². The number of nitrogens with zero attached hydrogens (tertiary/aromatic N) is 4. The first-order valence-corrected chi connectivity index (χ1v) is 5.96. The van der Waals surface area contributed by atoms with Crippen molar-refractivity contribution in [1.82, 2.24) is 15.0 Å². The molecule has 0 aliphatic rings. The second-order valence-corrected chi connectivity index (χ2v) is 3.94. The summed E-state index contributed by atoms with van der Waals surface area (Å²) in [5.74, 6) is 0.778. The molecule has 1 aromatic carbocycles. The van der Waals surface area contributed by atoms with Gasteiger partial charge in [0.25, 0.3) is 0 Å². The van der Waals surface area contributed by atoms with Crippen molar-refractivity contribution >= 4 is 17.2 Å². The van der Waals surface area contributed by atoms with Crippen molar-refractivity contribution in [3.05, 3.63) is 73.4 Å². The highest BCUT2D eigenvalue weighted by atomic mass is 15.2. The molecule has 0 aliphatic carbocycles. The van der Waals surface area contributed by atoms with Gasteiger partial charge in [-0.15, -0.1) is 0 Å². The van der Waals surface area contributed by atoms with Crippen LogP contribution in [0.3, 0.4) is 0 Å². The lowest BCUT2D eigenvalue weighted by atomic mass is 10.2. The monoisotopic (exact) mass is 248 g/mol. The Morgan fingerprint density at radius 1 is 0.684 bits per heavy atom. The van der Waals surface area contributed by atoms with Gasteiger partial charge in [0.2, 0.25) is 0 Å². The number of rotatable bonds is 3. The van der Waals surface area contributed by atoms with Gasteiger partial charge in [-0.1, -0.05) is 18.2 Å². The summed E-state index contributed by atoms with van der Waals surface area (Å²) in [5, 5.41) is 0. The van der Waals surface area contributed by atoms with Crippen molar-refractivity contribution in [2.75, 3.05) is 4.90 Å². The van der Waals surface area contributed by atoms with E-state index in [1.165, 1.54) is 0 Å². The number of para-hydroxylation sites is 1. The molecule has 3 rings (SSSR count). The molecule has 92 valence electrons. The lowest BCUT2D eigenvalue weighted by Crippen LogP contribution is -2.11. The maximum Gasteiger partial charge on any atom is 0.156 e. The minimum Gasteiger partial charge on any atom is -0.294 e. The number of anilines is 3. The molecule has 0 saturated carbocycles. The van der Waals surface area contributed by atoms with Crippen LogP contribution in [0.1, 0.15) is 0 Å². The summed E-state index contributed by atoms with van der Waals surface area (Å²) in [5.41, 5.74) is 2.04. The summed E-state index contributed by atoms with van der Waals surface area (Å²) in [6.45, 7) is 0. The molecule has 0 unspecified atom stereocenters. The van der Waals surface area contributed by atoms with Crippen LogP contribution in [0.5, 0.6) is 0 Å². The molecule has 0 fully saturated rings. The Bertz CT molecular complexity index is 532. The van der Waals surface area contributed by atoms with Gasteiger partial charge in [-0.2, -0.15) is 0 Å². The molecule has 0 aliphatic heterocycles. The van der Waals surface area contributed by atoms with Crippen LogP contribution >= 0.6 is 0 Å². The van der Waals surface area contributed by atoms with E-state index in [9.17, 15) is 0 Å². The second-order valence-electron chi connectivity index (χ2n) is 3.94. The van der Waals surface area contributed by atoms with Crippen LogP contribution in [0, 0.1) is 0 Å². The molecule has 0 amide bonds. The molecule has 0 atom stereocenters. The summed E-state index contributed by atoms with van der Waals surface area (Å²) < 4.78 is 0. The van der Waals surface area contributed by atoms with E-state index in [2.05, 4.69) is 15.0 Å².